The van der Waals surface area contributed by atoms with Gasteiger partial charge in [0.25, 0.3) is 0 Å². The predicted molar refractivity (Wildman–Crippen MR) is 125 cm³/mol. The van der Waals surface area contributed by atoms with Gasteiger partial charge in [0.2, 0.25) is 15.9 Å². The highest BCUT2D eigenvalue weighted by molar-refractivity contribution is 7.89. The van der Waals surface area contributed by atoms with E-state index in [1.165, 1.54) is 25.1 Å². The molecule has 9 heteroatoms. The van der Waals surface area contributed by atoms with E-state index < -0.39 is 27.4 Å². The number of benzene rings is 3. The van der Waals surface area contributed by atoms with E-state index in [4.69, 9.17) is 11.5 Å². The molecule has 0 saturated carbocycles. The second-order valence-electron chi connectivity index (χ2n) is 7.87. The lowest BCUT2D eigenvalue weighted by Gasteiger charge is -2.27. The van der Waals surface area contributed by atoms with E-state index in [2.05, 4.69) is 4.72 Å². The maximum atomic E-state index is 12.9. The largest absolute Gasteiger partial charge is 0.480 e. The van der Waals surface area contributed by atoms with Gasteiger partial charge < -0.3 is 16.6 Å². The number of nitrogens with one attached hydrogen (secondary N) is 1. The standard InChI is InChI=1S/C24H25N3O5S/c1-24(23(29)30,27-33(31,32)20-5-3-2-4-6-20)14-19-13-18(22(26)28)11-12-21(19)17-9-7-16(15-25)8-10-17/h2-13,27H,14-15,25H2,1H3,(H2,26,28)(H,29,30)/t24-/m0/s1. The van der Waals surface area contributed by atoms with Gasteiger partial charge in [-0.25, -0.2) is 8.42 Å². The number of nitrogens with two attached hydrogens (primary N) is 2. The van der Waals surface area contributed by atoms with Crippen LogP contribution in [0.25, 0.3) is 11.1 Å². The number of hydrogen-bond acceptors (Lipinski definition) is 5. The molecule has 33 heavy (non-hydrogen) atoms. The van der Waals surface area contributed by atoms with Crippen molar-refractivity contribution in [3.8, 4) is 11.1 Å². The first-order valence-corrected chi connectivity index (χ1v) is 11.6. The molecular weight excluding hydrogens is 442 g/mol. The maximum Gasteiger partial charge on any atom is 0.324 e. The second kappa shape index (κ2) is 9.53. The molecule has 1 amide bonds. The summed E-state index contributed by atoms with van der Waals surface area (Å²) in [5.41, 5.74) is 12.2. The van der Waals surface area contributed by atoms with Crippen molar-refractivity contribution in [3.05, 3.63) is 89.5 Å². The van der Waals surface area contributed by atoms with Crippen LogP contribution in [-0.2, 0) is 27.8 Å². The minimum absolute atomic E-state index is 0.0547. The van der Waals surface area contributed by atoms with Crippen molar-refractivity contribution >= 4 is 21.9 Å². The van der Waals surface area contributed by atoms with E-state index in [1.807, 2.05) is 24.3 Å². The molecule has 0 fully saturated rings. The SMILES string of the molecule is C[C@@](Cc1cc(C(N)=O)ccc1-c1ccc(CN)cc1)(NS(=O)(=O)c1ccccc1)C(=O)O. The Balaban J connectivity index is 2.07. The molecule has 0 heterocycles. The van der Waals surface area contributed by atoms with Crippen molar-refractivity contribution in [2.75, 3.05) is 0 Å². The zero-order valence-corrected chi connectivity index (χ0v) is 18.8. The number of carbonyl (C=O) groups excluding carboxylic acids is 1. The van der Waals surface area contributed by atoms with Gasteiger partial charge in [0.15, 0.2) is 0 Å². The van der Waals surface area contributed by atoms with Crippen LogP contribution in [0.3, 0.4) is 0 Å². The normalized spacial score (nSPS) is 13.3. The Labute approximate surface area is 192 Å². The van der Waals surface area contributed by atoms with Crippen LogP contribution in [0, 0.1) is 0 Å². The summed E-state index contributed by atoms with van der Waals surface area (Å²) < 4.78 is 28.1. The van der Waals surface area contributed by atoms with Crippen LogP contribution >= 0.6 is 0 Å². The number of rotatable bonds is 9. The van der Waals surface area contributed by atoms with Gasteiger partial charge in [0.1, 0.15) is 5.54 Å². The summed E-state index contributed by atoms with van der Waals surface area (Å²) in [6.45, 7) is 1.65. The molecule has 0 aliphatic rings. The van der Waals surface area contributed by atoms with Gasteiger partial charge in [-0.05, 0) is 53.4 Å². The molecule has 0 radical (unpaired) electrons. The Morgan fingerprint density at radius 3 is 2.18 bits per heavy atom. The van der Waals surface area contributed by atoms with E-state index in [0.717, 1.165) is 11.1 Å². The molecule has 6 N–H and O–H groups in total. The van der Waals surface area contributed by atoms with Crippen LogP contribution in [0.2, 0.25) is 0 Å². The molecule has 0 aliphatic heterocycles. The number of carboxylic acids is 1. The zero-order chi connectivity index (χ0) is 24.2. The third kappa shape index (κ3) is 5.46. The lowest BCUT2D eigenvalue weighted by molar-refractivity contribution is -0.143. The average Bonchev–Trinajstić information content (AvgIpc) is 2.79. The molecule has 3 aromatic carbocycles. The van der Waals surface area contributed by atoms with E-state index >= 15 is 0 Å². The second-order valence-corrected chi connectivity index (χ2v) is 9.55. The highest BCUT2D eigenvalue weighted by Gasteiger charge is 2.39. The molecule has 0 aromatic heterocycles. The maximum absolute atomic E-state index is 12.9. The first-order valence-electron chi connectivity index (χ1n) is 10.1. The third-order valence-electron chi connectivity index (χ3n) is 5.32. The number of amides is 1. The van der Waals surface area contributed by atoms with Crippen LogP contribution in [0.15, 0.2) is 77.7 Å². The number of carbonyl (C=O) groups is 2. The number of sulfonamides is 1. The van der Waals surface area contributed by atoms with E-state index in [1.54, 1.807) is 30.3 Å². The Morgan fingerprint density at radius 2 is 1.64 bits per heavy atom. The van der Waals surface area contributed by atoms with Gasteiger partial charge in [-0.1, -0.05) is 48.5 Å². The van der Waals surface area contributed by atoms with Crippen molar-refractivity contribution in [3.63, 3.8) is 0 Å². The number of carboxylic acid groups (broad SMARTS) is 1. The van der Waals surface area contributed by atoms with E-state index in [0.29, 0.717) is 17.7 Å². The fourth-order valence-electron chi connectivity index (χ4n) is 3.49. The summed E-state index contributed by atoms with van der Waals surface area (Å²) in [7, 11) is -4.13. The quantitative estimate of drug-likeness (QED) is 0.379. The summed E-state index contributed by atoms with van der Waals surface area (Å²) >= 11 is 0. The van der Waals surface area contributed by atoms with Gasteiger partial charge in [-0.3, -0.25) is 9.59 Å². The Kier molecular flexibility index (Phi) is 6.97. The van der Waals surface area contributed by atoms with Gasteiger partial charge in [0.05, 0.1) is 4.90 Å². The summed E-state index contributed by atoms with van der Waals surface area (Å²) in [5, 5.41) is 9.98. The smallest absolute Gasteiger partial charge is 0.324 e. The highest BCUT2D eigenvalue weighted by Crippen LogP contribution is 2.29. The first-order chi connectivity index (χ1) is 15.6. The molecule has 3 aromatic rings. The van der Waals surface area contributed by atoms with Crippen molar-refractivity contribution in [1.29, 1.82) is 0 Å². The summed E-state index contributed by atoms with van der Waals surface area (Å²) in [6.07, 6.45) is -0.233. The van der Waals surface area contributed by atoms with Gasteiger partial charge in [-0.15, -0.1) is 0 Å². The lowest BCUT2D eigenvalue weighted by atomic mass is 9.87. The van der Waals surface area contributed by atoms with Gasteiger partial charge in [-0.2, -0.15) is 4.72 Å². The topological polar surface area (TPSA) is 153 Å². The summed E-state index contributed by atoms with van der Waals surface area (Å²) in [6, 6.07) is 19.6. The summed E-state index contributed by atoms with van der Waals surface area (Å²) in [5.74, 6) is -2.04. The Hall–Kier alpha value is -3.53. The number of aliphatic carboxylic acids is 1. The average molecular weight is 468 g/mol. The minimum atomic E-state index is -4.13. The molecule has 0 aliphatic carbocycles. The van der Waals surface area contributed by atoms with Crippen LogP contribution in [-0.4, -0.2) is 30.9 Å². The summed E-state index contributed by atoms with van der Waals surface area (Å²) in [4.78, 5) is 24.0. The van der Waals surface area contributed by atoms with Crippen LogP contribution in [0.5, 0.6) is 0 Å². The molecular formula is C24H25N3O5S. The fourth-order valence-corrected chi connectivity index (χ4v) is 4.87. The van der Waals surface area contributed by atoms with E-state index in [9.17, 15) is 23.1 Å². The van der Waals surface area contributed by atoms with Gasteiger partial charge >= 0.3 is 5.97 Å². The fraction of sp³-hybridized carbons (Fsp3) is 0.167. The molecule has 1 atom stereocenters. The number of hydrogen-bond donors (Lipinski definition) is 4. The minimum Gasteiger partial charge on any atom is -0.480 e. The molecule has 0 saturated heterocycles. The number of primary amides is 1. The van der Waals surface area contributed by atoms with Crippen molar-refractivity contribution < 1.29 is 23.1 Å². The lowest BCUT2D eigenvalue weighted by Crippen LogP contribution is -2.53. The van der Waals surface area contributed by atoms with Crippen molar-refractivity contribution in [2.45, 2.75) is 30.3 Å². The monoisotopic (exact) mass is 467 g/mol. The molecule has 0 unspecified atom stereocenters. The molecule has 8 nitrogen and oxygen atoms in total. The molecule has 0 bridgehead atoms. The molecule has 3 rings (SSSR count). The highest BCUT2D eigenvalue weighted by atomic mass is 32.2. The van der Waals surface area contributed by atoms with Crippen molar-refractivity contribution in [1.82, 2.24) is 4.72 Å². The third-order valence-corrected chi connectivity index (χ3v) is 6.93. The molecule has 172 valence electrons. The van der Waals surface area contributed by atoms with Crippen LogP contribution in [0.4, 0.5) is 0 Å². The first kappa shape index (κ1) is 24.1. The predicted octanol–water partition coefficient (Wildman–Crippen LogP) is 2.28. The zero-order valence-electron chi connectivity index (χ0n) is 18.0. The molecule has 0 spiro atoms. The van der Waals surface area contributed by atoms with Crippen molar-refractivity contribution in [2.24, 2.45) is 11.5 Å². The van der Waals surface area contributed by atoms with Gasteiger partial charge in [0, 0.05) is 18.5 Å². The Morgan fingerprint density at radius 1 is 1.00 bits per heavy atom. The van der Waals surface area contributed by atoms with Crippen LogP contribution < -0.4 is 16.2 Å². The van der Waals surface area contributed by atoms with E-state index in [-0.39, 0.29) is 16.9 Å². The Bertz CT molecular complexity index is 1280. The van der Waals surface area contributed by atoms with Crippen LogP contribution in [0.1, 0.15) is 28.4 Å².